The van der Waals surface area contributed by atoms with Crippen LogP contribution < -0.4 is 10.2 Å². The number of fused-ring (bicyclic) bond motifs is 1. The number of hydrogen-bond acceptors (Lipinski definition) is 4. The molecule has 0 aliphatic rings. The van der Waals surface area contributed by atoms with Crippen LogP contribution in [0.2, 0.25) is 0 Å². The van der Waals surface area contributed by atoms with Crippen LogP contribution in [0.4, 0.5) is 5.82 Å². The Hall–Kier alpha value is -1.68. The monoisotopic (exact) mass is 258 g/mol. The Bertz CT molecular complexity index is 519. The normalized spacial score (nSPS) is 11.2. The molecular weight excluding hydrogens is 236 g/mol. The lowest BCUT2D eigenvalue weighted by molar-refractivity contribution is 0.582. The van der Waals surface area contributed by atoms with E-state index in [9.17, 15) is 0 Å². The topological polar surface area (TPSA) is 41.0 Å². The summed E-state index contributed by atoms with van der Waals surface area (Å²) < 4.78 is 0. The first-order valence-electron chi connectivity index (χ1n) is 6.91. The van der Waals surface area contributed by atoms with Crippen molar-refractivity contribution in [2.24, 2.45) is 0 Å². The number of nitrogens with one attached hydrogen (secondary N) is 1. The van der Waals surface area contributed by atoms with Gasteiger partial charge in [-0.05, 0) is 6.92 Å². The maximum absolute atomic E-state index is 4.32. The smallest absolute Gasteiger partial charge is 0.159 e. The van der Waals surface area contributed by atoms with E-state index in [0.29, 0.717) is 6.04 Å². The summed E-state index contributed by atoms with van der Waals surface area (Å²) in [6.07, 6.45) is 1.82. The first kappa shape index (κ1) is 13.7. The molecule has 0 atom stereocenters. The molecule has 0 aliphatic carbocycles. The van der Waals surface area contributed by atoms with Gasteiger partial charge in [0.15, 0.2) is 5.82 Å². The standard InChI is InChI=1S/C15H22N4/c1-4-19(10-9-16-12(2)3)15-14-8-6-5-7-13(14)11-17-18-15/h5-8,11-12,16H,4,9-10H2,1-3H3. The van der Waals surface area contributed by atoms with Crippen molar-refractivity contribution < 1.29 is 0 Å². The van der Waals surface area contributed by atoms with Gasteiger partial charge < -0.3 is 10.2 Å². The largest absolute Gasteiger partial charge is 0.354 e. The summed E-state index contributed by atoms with van der Waals surface area (Å²) >= 11 is 0. The Morgan fingerprint density at radius 1 is 1.26 bits per heavy atom. The van der Waals surface area contributed by atoms with E-state index in [1.165, 1.54) is 5.39 Å². The van der Waals surface area contributed by atoms with Gasteiger partial charge in [0.25, 0.3) is 0 Å². The molecule has 19 heavy (non-hydrogen) atoms. The lowest BCUT2D eigenvalue weighted by Crippen LogP contribution is -2.35. The molecular formula is C15H22N4. The van der Waals surface area contributed by atoms with Gasteiger partial charge in [-0.15, -0.1) is 5.10 Å². The van der Waals surface area contributed by atoms with Crippen molar-refractivity contribution >= 4 is 16.6 Å². The molecule has 0 aliphatic heterocycles. The van der Waals surface area contributed by atoms with Crippen LogP contribution in [-0.4, -0.2) is 35.9 Å². The van der Waals surface area contributed by atoms with E-state index in [1.807, 2.05) is 18.3 Å². The lowest BCUT2D eigenvalue weighted by Gasteiger charge is -2.23. The van der Waals surface area contributed by atoms with Gasteiger partial charge in [0.2, 0.25) is 0 Å². The van der Waals surface area contributed by atoms with Crippen molar-refractivity contribution in [3.05, 3.63) is 30.5 Å². The molecule has 0 amide bonds. The van der Waals surface area contributed by atoms with Crippen LogP contribution in [0.3, 0.4) is 0 Å². The predicted octanol–water partition coefficient (Wildman–Crippen LogP) is 2.45. The highest BCUT2D eigenvalue weighted by Gasteiger charge is 2.10. The Labute approximate surface area is 114 Å². The van der Waals surface area contributed by atoms with Crippen LogP contribution in [-0.2, 0) is 0 Å². The van der Waals surface area contributed by atoms with Crippen LogP contribution in [0.15, 0.2) is 30.5 Å². The van der Waals surface area contributed by atoms with E-state index >= 15 is 0 Å². The third-order valence-electron chi connectivity index (χ3n) is 3.17. The van der Waals surface area contributed by atoms with Gasteiger partial charge in [-0.2, -0.15) is 5.10 Å². The fourth-order valence-corrected chi connectivity index (χ4v) is 2.15. The van der Waals surface area contributed by atoms with Gasteiger partial charge in [-0.1, -0.05) is 38.1 Å². The summed E-state index contributed by atoms with van der Waals surface area (Å²) in [4.78, 5) is 2.27. The Morgan fingerprint density at radius 3 is 2.79 bits per heavy atom. The maximum atomic E-state index is 4.32. The molecule has 1 aromatic carbocycles. The first-order chi connectivity index (χ1) is 9.22. The number of aromatic nitrogens is 2. The molecule has 4 nitrogen and oxygen atoms in total. The summed E-state index contributed by atoms with van der Waals surface area (Å²) in [5.41, 5.74) is 0. The van der Waals surface area contributed by atoms with Gasteiger partial charge in [-0.25, -0.2) is 0 Å². The zero-order valence-electron chi connectivity index (χ0n) is 11.9. The maximum Gasteiger partial charge on any atom is 0.159 e. The summed E-state index contributed by atoms with van der Waals surface area (Å²) in [5.74, 6) is 0.978. The SMILES string of the molecule is CCN(CCNC(C)C)c1nncc2ccccc12. The van der Waals surface area contributed by atoms with E-state index < -0.39 is 0 Å². The number of nitrogens with zero attached hydrogens (tertiary/aromatic N) is 3. The van der Waals surface area contributed by atoms with Crippen LogP contribution >= 0.6 is 0 Å². The highest BCUT2D eigenvalue weighted by Crippen LogP contribution is 2.22. The highest BCUT2D eigenvalue weighted by atomic mass is 15.3. The number of likely N-dealkylation sites (N-methyl/N-ethyl adjacent to an activating group) is 1. The van der Waals surface area contributed by atoms with Crippen LogP contribution in [0.5, 0.6) is 0 Å². The van der Waals surface area contributed by atoms with Gasteiger partial charge in [0, 0.05) is 36.4 Å². The lowest BCUT2D eigenvalue weighted by atomic mass is 10.2. The molecule has 0 spiro atoms. The van der Waals surface area contributed by atoms with Crippen LogP contribution in [0, 0.1) is 0 Å². The zero-order valence-corrected chi connectivity index (χ0v) is 11.9. The molecule has 0 unspecified atom stereocenters. The molecule has 102 valence electrons. The molecule has 2 aromatic rings. The minimum Gasteiger partial charge on any atom is -0.354 e. The first-order valence-corrected chi connectivity index (χ1v) is 6.91. The molecule has 0 saturated heterocycles. The number of rotatable bonds is 6. The molecule has 0 radical (unpaired) electrons. The van der Waals surface area contributed by atoms with E-state index in [1.54, 1.807) is 0 Å². The summed E-state index contributed by atoms with van der Waals surface area (Å²) in [7, 11) is 0. The minimum atomic E-state index is 0.511. The van der Waals surface area contributed by atoms with Gasteiger partial charge in [0.05, 0.1) is 6.20 Å². The van der Waals surface area contributed by atoms with E-state index in [0.717, 1.165) is 30.8 Å². The van der Waals surface area contributed by atoms with Gasteiger partial charge >= 0.3 is 0 Å². The molecule has 0 fully saturated rings. The molecule has 1 N–H and O–H groups in total. The average molecular weight is 258 g/mol. The molecule has 0 bridgehead atoms. The van der Waals surface area contributed by atoms with Crippen molar-refractivity contribution in [3.63, 3.8) is 0 Å². The molecule has 4 heteroatoms. The Kier molecular flexibility index (Phi) is 4.68. The number of anilines is 1. The summed E-state index contributed by atoms with van der Waals surface area (Å²) in [5, 5.41) is 14.2. The van der Waals surface area contributed by atoms with Crippen molar-refractivity contribution in [3.8, 4) is 0 Å². The van der Waals surface area contributed by atoms with Crippen molar-refractivity contribution in [2.45, 2.75) is 26.8 Å². The van der Waals surface area contributed by atoms with Crippen LogP contribution in [0.25, 0.3) is 10.8 Å². The molecule has 0 saturated carbocycles. The number of hydrogen-bond donors (Lipinski definition) is 1. The molecule has 2 rings (SSSR count). The highest BCUT2D eigenvalue weighted by molar-refractivity contribution is 5.91. The summed E-state index contributed by atoms with van der Waals surface area (Å²) in [6.45, 7) is 9.30. The van der Waals surface area contributed by atoms with E-state index in [4.69, 9.17) is 0 Å². The Balaban J connectivity index is 2.20. The minimum absolute atomic E-state index is 0.511. The Morgan fingerprint density at radius 2 is 2.05 bits per heavy atom. The van der Waals surface area contributed by atoms with Crippen molar-refractivity contribution in [1.82, 2.24) is 15.5 Å². The number of benzene rings is 1. The van der Waals surface area contributed by atoms with Gasteiger partial charge in [0.1, 0.15) is 0 Å². The molecule has 1 heterocycles. The van der Waals surface area contributed by atoms with Crippen LogP contribution in [0.1, 0.15) is 20.8 Å². The second-order valence-electron chi connectivity index (χ2n) is 4.94. The molecule has 1 aromatic heterocycles. The predicted molar refractivity (Wildman–Crippen MR) is 80.6 cm³/mol. The average Bonchev–Trinajstić information content (AvgIpc) is 2.43. The van der Waals surface area contributed by atoms with E-state index in [2.05, 4.69) is 53.3 Å². The third-order valence-corrected chi connectivity index (χ3v) is 3.17. The van der Waals surface area contributed by atoms with Crippen molar-refractivity contribution in [1.29, 1.82) is 0 Å². The fourth-order valence-electron chi connectivity index (χ4n) is 2.15. The second-order valence-corrected chi connectivity index (χ2v) is 4.94. The quantitative estimate of drug-likeness (QED) is 0.864. The third kappa shape index (κ3) is 3.41. The second kappa shape index (κ2) is 6.48. The zero-order chi connectivity index (χ0) is 13.7. The van der Waals surface area contributed by atoms with Gasteiger partial charge in [-0.3, -0.25) is 0 Å². The summed E-state index contributed by atoms with van der Waals surface area (Å²) in [6, 6.07) is 8.78. The van der Waals surface area contributed by atoms with E-state index in [-0.39, 0.29) is 0 Å². The fraction of sp³-hybridized carbons (Fsp3) is 0.467. The van der Waals surface area contributed by atoms with Crippen molar-refractivity contribution in [2.75, 3.05) is 24.5 Å².